The highest BCUT2D eigenvalue weighted by Crippen LogP contribution is 2.39. The van der Waals surface area contributed by atoms with Crippen LogP contribution in [0.1, 0.15) is 49.8 Å². The Labute approximate surface area is 218 Å². The van der Waals surface area contributed by atoms with E-state index in [0.717, 1.165) is 33.8 Å². The Bertz CT molecular complexity index is 1160. The van der Waals surface area contributed by atoms with E-state index in [-0.39, 0.29) is 30.4 Å². The molecule has 9 heteroatoms. The number of hydrogen-bond acceptors (Lipinski definition) is 7. The second-order valence-electron chi connectivity index (χ2n) is 9.82. The molecule has 198 valence electrons. The second-order valence-corrected chi connectivity index (χ2v) is 9.82. The Morgan fingerprint density at radius 1 is 1.03 bits per heavy atom. The average molecular weight is 508 g/mol. The van der Waals surface area contributed by atoms with E-state index in [0.29, 0.717) is 32.5 Å². The molecule has 0 atom stereocenters. The summed E-state index contributed by atoms with van der Waals surface area (Å²) in [5.74, 6) is -0.130. The summed E-state index contributed by atoms with van der Waals surface area (Å²) in [6, 6.07) is 16.0. The normalized spacial score (nSPS) is 14.8. The lowest BCUT2D eigenvalue weighted by Gasteiger charge is -2.30. The summed E-state index contributed by atoms with van der Waals surface area (Å²) < 4.78 is 10.7. The molecule has 3 N–H and O–H groups in total. The number of carbonyl (C=O) groups excluding carboxylic acids is 2. The Kier molecular flexibility index (Phi) is 8.48. The van der Waals surface area contributed by atoms with Crippen LogP contribution in [0.3, 0.4) is 0 Å². The van der Waals surface area contributed by atoms with Gasteiger partial charge in [0.1, 0.15) is 0 Å². The summed E-state index contributed by atoms with van der Waals surface area (Å²) >= 11 is 0. The van der Waals surface area contributed by atoms with E-state index < -0.39 is 0 Å². The Morgan fingerprint density at radius 2 is 1.76 bits per heavy atom. The molecule has 2 aromatic rings. The Morgan fingerprint density at radius 3 is 2.51 bits per heavy atom. The van der Waals surface area contributed by atoms with Crippen molar-refractivity contribution in [3.63, 3.8) is 0 Å². The highest BCUT2D eigenvalue weighted by molar-refractivity contribution is 6.02. The molecule has 0 unspecified atom stereocenters. The summed E-state index contributed by atoms with van der Waals surface area (Å²) in [4.78, 5) is 27.7. The van der Waals surface area contributed by atoms with Gasteiger partial charge >= 0.3 is 0 Å². The molecule has 0 spiro atoms. The summed E-state index contributed by atoms with van der Waals surface area (Å²) in [5.41, 5.74) is 12.0. The van der Waals surface area contributed by atoms with Crippen molar-refractivity contribution in [2.75, 3.05) is 38.8 Å². The molecule has 2 heterocycles. The van der Waals surface area contributed by atoms with Gasteiger partial charge in [0.2, 0.25) is 11.8 Å². The zero-order valence-corrected chi connectivity index (χ0v) is 22.1. The number of hydrogen-bond donors (Lipinski definition) is 3. The van der Waals surface area contributed by atoms with Gasteiger partial charge in [0.05, 0.1) is 42.4 Å². The van der Waals surface area contributed by atoms with Crippen molar-refractivity contribution in [3.8, 4) is 0 Å². The van der Waals surface area contributed by atoms with Gasteiger partial charge in [0, 0.05) is 44.7 Å². The fourth-order valence-corrected chi connectivity index (χ4v) is 4.54. The largest absolute Gasteiger partial charge is 0.383 e. The van der Waals surface area contributed by atoms with Crippen LogP contribution in [-0.2, 0) is 25.6 Å². The van der Waals surface area contributed by atoms with E-state index in [9.17, 15) is 9.59 Å². The molecule has 2 amide bonds. The number of nitrogens with zero attached hydrogens (tertiary/aromatic N) is 2. The van der Waals surface area contributed by atoms with Gasteiger partial charge in [-0.2, -0.15) is 0 Å². The van der Waals surface area contributed by atoms with Gasteiger partial charge < -0.3 is 25.1 Å². The van der Waals surface area contributed by atoms with Crippen molar-refractivity contribution in [3.05, 3.63) is 65.2 Å². The van der Waals surface area contributed by atoms with Crippen molar-refractivity contribution in [1.29, 1.82) is 0 Å². The van der Waals surface area contributed by atoms with Crippen LogP contribution in [0, 0.1) is 0 Å². The van der Waals surface area contributed by atoms with E-state index in [4.69, 9.17) is 9.47 Å². The summed E-state index contributed by atoms with van der Waals surface area (Å²) in [6.45, 7) is 5.83. The zero-order valence-electron chi connectivity index (χ0n) is 22.1. The maximum atomic E-state index is 13.6. The van der Waals surface area contributed by atoms with Gasteiger partial charge in [-0.3, -0.25) is 14.6 Å². The first-order valence-corrected chi connectivity index (χ1v) is 12.7. The molecular weight excluding hydrogens is 470 g/mol. The van der Waals surface area contributed by atoms with Gasteiger partial charge in [-0.1, -0.05) is 42.5 Å². The van der Waals surface area contributed by atoms with E-state index in [1.54, 1.807) is 14.2 Å². The predicted molar refractivity (Wildman–Crippen MR) is 144 cm³/mol. The summed E-state index contributed by atoms with van der Waals surface area (Å²) in [7, 11) is 3.33. The fourth-order valence-electron chi connectivity index (χ4n) is 4.54. The van der Waals surface area contributed by atoms with E-state index >= 15 is 0 Å². The van der Waals surface area contributed by atoms with Crippen LogP contribution in [0.15, 0.2) is 48.5 Å². The van der Waals surface area contributed by atoms with Crippen molar-refractivity contribution < 1.29 is 19.1 Å². The number of benzene rings is 2. The first-order valence-electron chi connectivity index (χ1n) is 12.7. The summed E-state index contributed by atoms with van der Waals surface area (Å²) in [5, 5.41) is 4.94. The number of hydrazine groups is 2. The predicted octanol–water partition coefficient (Wildman–Crippen LogP) is 3.04. The lowest BCUT2D eigenvalue weighted by molar-refractivity contribution is -0.122. The molecule has 0 aliphatic carbocycles. The van der Waals surface area contributed by atoms with Crippen molar-refractivity contribution in [2.45, 2.75) is 45.3 Å². The number of nitrogens with one attached hydrogen (secondary N) is 3. The van der Waals surface area contributed by atoms with Gasteiger partial charge in [-0.25, -0.2) is 0 Å². The van der Waals surface area contributed by atoms with E-state index in [1.165, 1.54) is 0 Å². The number of carbonyl (C=O) groups is 2. The molecule has 0 saturated carbocycles. The molecular formula is C28H37N5O4. The minimum atomic E-state index is -0.357. The van der Waals surface area contributed by atoms with Crippen LogP contribution in [0.25, 0.3) is 11.4 Å². The van der Waals surface area contributed by atoms with Gasteiger partial charge in [0.15, 0.2) is 0 Å². The Balaban J connectivity index is 1.57. The third-order valence-electron chi connectivity index (χ3n) is 6.88. The first-order chi connectivity index (χ1) is 17.8. The fraction of sp³-hybridized carbons (Fsp3) is 0.429. The molecule has 0 radical (unpaired) electrons. The number of para-hydroxylation sites is 1. The van der Waals surface area contributed by atoms with Crippen molar-refractivity contribution >= 4 is 28.9 Å². The van der Waals surface area contributed by atoms with Crippen LogP contribution in [0.5, 0.6) is 0 Å². The quantitative estimate of drug-likeness (QED) is 0.455. The molecule has 0 saturated heterocycles. The lowest BCUT2D eigenvalue weighted by Crippen LogP contribution is -2.39. The van der Waals surface area contributed by atoms with Crippen LogP contribution in [0.4, 0.5) is 5.69 Å². The Hall–Kier alpha value is -3.40. The van der Waals surface area contributed by atoms with E-state index in [2.05, 4.69) is 28.4 Å². The number of rotatable bonds is 10. The van der Waals surface area contributed by atoms with Gasteiger partial charge in [-0.15, -0.1) is 5.53 Å². The van der Waals surface area contributed by atoms with Gasteiger partial charge in [-0.05, 0) is 31.9 Å². The lowest BCUT2D eigenvalue weighted by atomic mass is 9.96. The summed E-state index contributed by atoms with van der Waals surface area (Å²) in [6.07, 6.45) is 1.16. The number of ether oxygens (including phenoxy) is 2. The molecule has 2 aromatic carbocycles. The SMILES string of the molecule is COCCN1NNC2=C1c1ccccc1CN(C(=O)CCNC(=O)CCC(C)(C)OC)c1ccccc12. The molecule has 0 aromatic heterocycles. The highest BCUT2D eigenvalue weighted by atomic mass is 16.5. The number of amides is 2. The standard InChI is InChI=1S/C28H37N5O4/c1-28(2,37-4)15-13-24(34)29-16-14-25(35)32-19-20-9-5-6-10-21(20)27-26(22-11-7-8-12-23(22)32)30-31-33(27)17-18-36-3/h5-12,30-31H,13-19H2,1-4H3,(H,29,34). The topological polar surface area (TPSA) is 95.2 Å². The zero-order chi connectivity index (χ0) is 26.4. The molecule has 0 fully saturated rings. The smallest absolute Gasteiger partial charge is 0.229 e. The minimum Gasteiger partial charge on any atom is -0.383 e. The minimum absolute atomic E-state index is 0.0500. The van der Waals surface area contributed by atoms with Crippen LogP contribution < -0.4 is 21.2 Å². The van der Waals surface area contributed by atoms with Crippen LogP contribution >= 0.6 is 0 Å². The van der Waals surface area contributed by atoms with Gasteiger partial charge in [0.25, 0.3) is 0 Å². The van der Waals surface area contributed by atoms with Crippen molar-refractivity contribution in [1.82, 2.24) is 21.3 Å². The van der Waals surface area contributed by atoms with E-state index in [1.807, 2.05) is 60.2 Å². The third-order valence-corrected chi connectivity index (χ3v) is 6.88. The maximum absolute atomic E-state index is 13.6. The number of anilines is 1. The molecule has 9 nitrogen and oxygen atoms in total. The highest BCUT2D eigenvalue weighted by Gasteiger charge is 2.32. The van der Waals surface area contributed by atoms with Crippen molar-refractivity contribution in [2.24, 2.45) is 0 Å². The third kappa shape index (κ3) is 6.12. The maximum Gasteiger partial charge on any atom is 0.229 e. The molecule has 37 heavy (non-hydrogen) atoms. The van der Waals surface area contributed by atoms with Crippen LogP contribution in [-0.4, -0.2) is 56.3 Å². The molecule has 2 aliphatic heterocycles. The second kappa shape index (κ2) is 11.8. The average Bonchev–Trinajstić information content (AvgIpc) is 3.31. The molecule has 4 rings (SSSR count). The molecule has 2 aliphatic rings. The first kappa shape index (κ1) is 26.7. The number of methoxy groups -OCH3 is 2. The molecule has 0 bridgehead atoms. The number of fused-ring (bicyclic) bond motifs is 4. The monoisotopic (exact) mass is 507 g/mol. The van der Waals surface area contributed by atoms with Crippen LogP contribution in [0.2, 0.25) is 0 Å².